The molecule has 33 heavy (non-hydrogen) atoms. The Morgan fingerprint density at radius 1 is 0.970 bits per heavy atom. The summed E-state index contributed by atoms with van der Waals surface area (Å²) in [5.41, 5.74) is 0.866. The quantitative estimate of drug-likeness (QED) is 0.260. The van der Waals surface area contributed by atoms with Gasteiger partial charge in [0.2, 0.25) is 0 Å². The largest absolute Gasteiger partial charge is 0.422 e. The van der Waals surface area contributed by atoms with Gasteiger partial charge in [0.25, 0.3) is 5.91 Å². The molecule has 3 heterocycles. The number of hydrogen-bond donors (Lipinski definition) is 0. The molecule has 0 bridgehead atoms. The first-order chi connectivity index (χ1) is 16.1. The highest BCUT2D eigenvalue weighted by atomic mass is 35.5. The Kier molecular flexibility index (Phi) is 4.81. The molecule has 0 unspecified atom stereocenters. The van der Waals surface area contributed by atoms with Crippen LogP contribution in [0.25, 0.3) is 32.0 Å². The van der Waals surface area contributed by atoms with Crippen LogP contribution in [0.15, 0.2) is 69.9 Å². The Balaban J connectivity index is 1.26. The number of carbonyl (C=O) groups excluding carboxylic acids is 1. The van der Waals surface area contributed by atoms with Crippen molar-refractivity contribution in [2.24, 2.45) is 0 Å². The lowest BCUT2D eigenvalue weighted by Gasteiger charge is -2.34. The number of benzene rings is 3. The van der Waals surface area contributed by atoms with Gasteiger partial charge in [-0.2, -0.15) is 0 Å². The number of fused-ring (bicyclic) bond motifs is 4. The van der Waals surface area contributed by atoms with Crippen LogP contribution in [0.3, 0.4) is 0 Å². The Hall–Kier alpha value is -3.42. The van der Waals surface area contributed by atoms with Crippen molar-refractivity contribution in [3.05, 3.63) is 81.7 Å². The zero-order valence-electron chi connectivity index (χ0n) is 17.5. The van der Waals surface area contributed by atoms with Crippen LogP contribution in [0.4, 0.5) is 5.13 Å². The smallest absolute Gasteiger partial charge is 0.349 e. The van der Waals surface area contributed by atoms with E-state index in [1.54, 1.807) is 28.4 Å². The maximum atomic E-state index is 13.2. The molecule has 6 rings (SSSR count). The predicted molar refractivity (Wildman–Crippen MR) is 133 cm³/mol. The number of rotatable bonds is 2. The van der Waals surface area contributed by atoms with Gasteiger partial charge < -0.3 is 14.2 Å². The van der Waals surface area contributed by atoms with Crippen molar-refractivity contribution in [1.29, 1.82) is 0 Å². The standard InChI is InChI=1S/C25H18ClN3O3S/c26-16-6-7-20-22(13-16)33-25(27-20)29-11-9-28(10-12-29)23(30)19-14-18-17-4-2-1-3-15(17)5-8-21(18)32-24(19)31/h1-8,13-14H,9-12H2. The molecule has 8 heteroatoms. The van der Waals surface area contributed by atoms with Crippen LogP contribution in [0.2, 0.25) is 5.02 Å². The second kappa shape index (κ2) is 7.86. The van der Waals surface area contributed by atoms with E-state index in [-0.39, 0.29) is 11.5 Å². The first-order valence-corrected chi connectivity index (χ1v) is 11.8. The van der Waals surface area contributed by atoms with Crippen LogP contribution < -0.4 is 10.5 Å². The van der Waals surface area contributed by atoms with Crippen molar-refractivity contribution in [2.75, 3.05) is 31.1 Å². The van der Waals surface area contributed by atoms with Crippen LogP contribution in [-0.4, -0.2) is 42.0 Å². The lowest BCUT2D eigenvalue weighted by molar-refractivity contribution is 0.0742. The minimum Gasteiger partial charge on any atom is -0.422 e. The molecule has 3 aromatic carbocycles. The molecule has 2 aromatic heterocycles. The summed E-state index contributed by atoms with van der Waals surface area (Å²) >= 11 is 7.69. The third-order valence-corrected chi connectivity index (χ3v) is 7.36. The number of carbonyl (C=O) groups is 1. The van der Waals surface area contributed by atoms with Gasteiger partial charge in [0.05, 0.1) is 10.2 Å². The molecule has 0 radical (unpaired) electrons. The zero-order chi connectivity index (χ0) is 22.5. The van der Waals surface area contributed by atoms with Crippen molar-refractivity contribution >= 4 is 65.9 Å². The first-order valence-electron chi connectivity index (χ1n) is 10.6. The Morgan fingerprint density at radius 2 is 1.79 bits per heavy atom. The van der Waals surface area contributed by atoms with Crippen molar-refractivity contribution in [3.8, 4) is 0 Å². The summed E-state index contributed by atoms with van der Waals surface area (Å²) in [7, 11) is 0. The lowest BCUT2D eigenvalue weighted by Crippen LogP contribution is -2.49. The normalized spacial score (nSPS) is 14.5. The first kappa shape index (κ1) is 20.2. The molecular weight excluding hydrogens is 458 g/mol. The molecule has 0 N–H and O–H groups in total. The monoisotopic (exact) mass is 475 g/mol. The number of halogens is 1. The molecular formula is C25H18ClN3O3S. The Labute approximate surface area is 197 Å². The van der Waals surface area contributed by atoms with Crippen LogP contribution in [0.1, 0.15) is 10.4 Å². The topological polar surface area (TPSA) is 66.7 Å². The van der Waals surface area contributed by atoms with Gasteiger partial charge in [-0.15, -0.1) is 0 Å². The molecule has 0 spiro atoms. The number of anilines is 1. The van der Waals surface area contributed by atoms with Gasteiger partial charge in [-0.1, -0.05) is 53.3 Å². The van der Waals surface area contributed by atoms with Gasteiger partial charge in [-0.05, 0) is 41.1 Å². The third-order valence-electron chi connectivity index (χ3n) is 6.05. The Bertz CT molecular complexity index is 1600. The van der Waals surface area contributed by atoms with E-state index in [0.29, 0.717) is 36.8 Å². The van der Waals surface area contributed by atoms with E-state index in [1.165, 1.54) is 0 Å². The van der Waals surface area contributed by atoms with Gasteiger partial charge in [-0.3, -0.25) is 4.79 Å². The predicted octanol–water partition coefficient (Wildman–Crippen LogP) is 5.17. The SMILES string of the molecule is O=C(c1cc2c(ccc3ccccc32)oc1=O)N1CCN(c2nc3ccc(Cl)cc3s2)CC1. The van der Waals surface area contributed by atoms with Gasteiger partial charge in [0, 0.05) is 36.6 Å². The summed E-state index contributed by atoms with van der Waals surface area (Å²) in [5.74, 6) is -0.297. The van der Waals surface area contributed by atoms with Crippen LogP contribution in [-0.2, 0) is 0 Å². The molecule has 1 amide bonds. The number of hydrogen-bond acceptors (Lipinski definition) is 6. The fourth-order valence-corrected chi connectivity index (χ4v) is 5.61. The molecule has 1 aliphatic rings. The van der Waals surface area contributed by atoms with E-state index in [9.17, 15) is 9.59 Å². The fourth-order valence-electron chi connectivity index (χ4n) is 4.31. The van der Waals surface area contributed by atoms with E-state index in [1.807, 2.05) is 48.5 Å². The van der Waals surface area contributed by atoms with Crippen molar-refractivity contribution < 1.29 is 9.21 Å². The third kappa shape index (κ3) is 3.53. The molecule has 6 nitrogen and oxygen atoms in total. The number of thiazole rings is 1. The fraction of sp³-hybridized carbons (Fsp3) is 0.160. The molecule has 5 aromatic rings. The highest BCUT2D eigenvalue weighted by Gasteiger charge is 2.26. The summed E-state index contributed by atoms with van der Waals surface area (Å²) in [6.45, 7) is 2.29. The Morgan fingerprint density at radius 3 is 2.64 bits per heavy atom. The van der Waals surface area contributed by atoms with Gasteiger partial charge >= 0.3 is 5.63 Å². The minimum atomic E-state index is -0.603. The van der Waals surface area contributed by atoms with Gasteiger partial charge in [-0.25, -0.2) is 9.78 Å². The maximum absolute atomic E-state index is 13.2. The summed E-state index contributed by atoms with van der Waals surface area (Å²) in [6.07, 6.45) is 0. The van der Waals surface area contributed by atoms with Crippen LogP contribution >= 0.6 is 22.9 Å². The molecule has 164 valence electrons. The number of piperazine rings is 1. The second-order valence-electron chi connectivity index (χ2n) is 8.03. The molecule has 0 atom stereocenters. The molecule has 1 aliphatic heterocycles. The lowest BCUT2D eigenvalue weighted by atomic mass is 10.0. The molecule has 0 aliphatic carbocycles. The molecule has 1 saturated heterocycles. The summed E-state index contributed by atoms with van der Waals surface area (Å²) < 4.78 is 6.55. The summed E-state index contributed by atoms with van der Waals surface area (Å²) in [4.78, 5) is 34.4. The highest BCUT2D eigenvalue weighted by molar-refractivity contribution is 7.22. The average Bonchev–Trinajstić information content (AvgIpc) is 3.26. The minimum absolute atomic E-state index is 0.0712. The molecule has 0 saturated carbocycles. The van der Waals surface area contributed by atoms with Crippen molar-refractivity contribution in [3.63, 3.8) is 0 Å². The number of aromatic nitrogens is 1. The van der Waals surface area contributed by atoms with E-state index < -0.39 is 5.63 Å². The van der Waals surface area contributed by atoms with Gasteiger partial charge in [0.1, 0.15) is 11.1 Å². The maximum Gasteiger partial charge on any atom is 0.349 e. The van der Waals surface area contributed by atoms with E-state index >= 15 is 0 Å². The van der Waals surface area contributed by atoms with Crippen molar-refractivity contribution in [2.45, 2.75) is 0 Å². The average molecular weight is 476 g/mol. The van der Waals surface area contributed by atoms with E-state index in [2.05, 4.69) is 4.90 Å². The zero-order valence-corrected chi connectivity index (χ0v) is 19.0. The van der Waals surface area contributed by atoms with E-state index in [0.717, 1.165) is 31.5 Å². The van der Waals surface area contributed by atoms with Gasteiger partial charge in [0.15, 0.2) is 5.13 Å². The second-order valence-corrected chi connectivity index (χ2v) is 9.48. The van der Waals surface area contributed by atoms with E-state index in [4.69, 9.17) is 21.0 Å². The van der Waals surface area contributed by atoms with Crippen molar-refractivity contribution in [1.82, 2.24) is 9.88 Å². The summed E-state index contributed by atoms with van der Waals surface area (Å²) in [6, 6.07) is 18.9. The number of amides is 1. The number of nitrogens with zero attached hydrogens (tertiary/aromatic N) is 3. The van der Waals surface area contributed by atoms with Crippen LogP contribution in [0, 0.1) is 0 Å². The molecule has 1 fully saturated rings. The summed E-state index contributed by atoms with van der Waals surface area (Å²) in [5, 5.41) is 4.35. The highest BCUT2D eigenvalue weighted by Crippen LogP contribution is 2.31. The van der Waals surface area contributed by atoms with Crippen LogP contribution in [0.5, 0.6) is 0 Å².